The summed E-state index contributed by atoms with van der Waals surface area (Å²) >= 11 is 0. The molecule has 4 N–H and O–H groups in total. The topological polar surface area (TPSA) is 97.5 Å². The SMILES string of the molecule is CC(C)(C)C(=N)C=[C-]Nc1cccc(C(C)(C)c2cccc(N[C-]=CC(=N)C(C)(C)C)n2)n1.[Pt+2]. The number of nitrogens with one attached hydrogen (secondary N) is 4. The second kappa shape index (κ2) is 11.7. The number of anilines is 2. The number of hydrogen-bond acceptors (Lipinski definition) is 6. The Morgan fingerprint density at radius 3 is 1.38 bits per heavy atom. The predicted octanol–water partition coefficient (Wildman–Crippen LogP) is 6.39. The third-order valence-electron chi connectivity index (χ3n) is 5.23. The summed E-state index contributed by atoms with van der Waals surface area (Å²) in [7, 11) is 0. The van der Waals surface area contributed by atoms with Gasteiger partial charge in [0.05, 0.1) is 0 Å². The van der Waals surface area contributed by atoms with Gasteiger partial charge >= 0.3 is 21.1 Å². The van der Waals surface area contributed by atoms with Gasteiger partial charge in [-0.05, 0) is 36.8 Å². The van der Waals surface area contributed by atoms with E-state index >= 15 is 0 Å². The average molecular weight is 640 g/mol. The fourth-order valence-electron chi connectivity index (χ4n) is 2.63. The largest absolute Gasteiger partial charge is 2.00 e. The maximum atomic E-state index is 8.07. The number of allylic oxidation sites excluding steroid dienone is 2. The van der Waals surface area contributed by atoms with E-state index in [0.717, 1.165) is 11.4 Å². The molecule has 6 nitrogen and oxygen atoms in total. The minimum Gasteiger partial charge on any atom is -0.453 e. The molecule has 2 rings (SSSR count). The van der Waals surface area contributed by atoms with Gasteiger partial charge in [0.2, 0.25) is 0 Å². The van der Waals surface area contributed by atoms with Crippen LogP contribution in [0.3, 0.4) is 0 Å². The zero-order valence-corrected chi connectivity index (χ0v) is 23.6. The maximum Gasteiger partial charge on any atom is 2.00 e. The number of pyridine rings is 2. The number of nitrogens with zero attached hydrogens (tertiary/aromatic N) is 2. The first-order valence-corrected chi connectivity index (χ1v) is 11.0. The van der Waals surface area contributed by atoms with Crippen molar-refractivity contribution in [3.63, 3.8) is 0 Å². The van der Waals surface area contributed by atoms with Gasteiger partial charge in [0.25, 0.3) is 0 Å². The second-order valence-corrected chi connectivity index (χ2v) is 10.6. The summed E-state index contributed by atoms with van der Waals surface area (Å²) in [5, 5.41) is 22.2. The van der Waals surface area contributed by atoms with Gasteiger partial charge in [-0.3, -0.25) is 9.97 Å². The summed E-state index contributed by atoms with van der Waals surface area (Å²) < 4.78 is 0. The normalized spacial score (nSPS) is 12.5. The Morgan fingerprint density at radius 2 is 1.06 bits per heavy atom. The van der Waals surface area contributed by atoms with E-state index in [9.17, 15) is 0 Å². The standard InChI is InChI=1S/C27H36N6.Pt/c1-25(2,3)19(28)15-17-30-23-13-9-11-21(32-23)27(7,8)22-12-10-14-24(33-22)31-18-16-20(29)26(4,5)6;/h9-16,28-29H,1-8H3,(H,30,32)(H,31,33);/q-2;+2. The molecule has 0 spiro atoms. The number of hydrogen-bond donors (Lipinski definition) is 4. The van der Waals surface area contributed by atoms with Crippen LogP contribution >= 0.6 is 0 Å². The van der Waals surface area contributed by atoms with Gasteiger partial charge in [0.15, 0.2) is 0 Å². The molecule has 0 aliphatic heterocycles. The molecule has 0 unspecified atom stereocenters. The van der Waals surface area contributed by atoms with E-state index in [2.05, 4.69) is 36.9 Å². The van der Waals surface area contributed by atoms with Crippen molar-refractivity contribution < 1.29 is 21.1 Å². The van der Waals surface area contributed by atoms with Crippen molar-refractivity contribution in [1.82, 2.24) is 9.97 Å². The summed E-state index contributed by atoms with van der Waals surface area (Å²) in [5.41, 5.74) is 1.80. The van der Waals surface area contributed by atoms with Gasteiger partial charge in [0.1, 0.15) is 0 Å². The first-order valence-electron chi connectivity index (χ1n) is 11.0. The average Bonchev–Trinajstić information content (AvgIpc) is 2.72. The molecule has 2 aromatic rings. The fraction of sp³-hybridized carbons (Fsp3) is 0.407. The quantitative estimate of drug-likeness (QED) is 0.153. The van der Waals surface area contributed by atoms with Crippen LogP contribution in [0.2, 0.25) is 0 Å². The first kappa shape index (κ1) is 29.4. The molecular formula is C27H36N6Pt. The third kappa shape index (κ3) is 8.32. The smallest absolute Gasteiger partial charge is 0.453 e. The molecule has 0 saturated heterocycles. The molecule has 0 aliphatic carbocycles. The van der Waals surface area contributed by atoms with Crippen LogP contribution in [0.5, 0.6) is 0 Å². The molecule has 0 aromatic carbocycles. The second-order valence-electron chi connectivity index (χ2n) is 10.6. The Morgan fingerprint density at radius 1 is 0.706 bits per heavy atom. The van der Waals surface area contributed by atoms with Gasteiger partial charge in [-0.2, -0.15) is 0 Å². The van der Waals surface area contributed by atoms with Crippen LogP contribution < -0.4 is 10.6 Å². The van der Waals surface area contributed by atoms with Crippen molar-refractivity contribution in [2.24, 2.45) is 10.8 Å². The molecule has 184 valence electrons. The molecule has 2 aromatic heterocycles. The van der Waals surface area contributed by atoms with Gasteiger partial charge in [-0.15, -0.1) is 24.6 Å². The minimum atomic E-state index is -0.445. The first-order chi connectivity index (χ1) is 15.2. The van der Waals surface area contributed by atoms with Gasteiger partial charge in [0, 0.05) is 28.4 Å². The summed E-state index contributed by atoms with van der Waals surface area (Å²) in [4.78, 5) is 9.49. The number of aromatic nitrogens is 2. The number of rotatable bonds is 8. The molecule has 0 amide bonds. The van der Waals surface area contributed by atoms with Crippen LogP contribution in [0.25, 0.3) is 0 Å². The van der Waals surface area contributed by atoms with Crippen molar-refractivity contribution in [2.45, 2.75) is 60.8 Å². The molecule has 0 aliphatic rings. The molecular weight excluding hydrogens is 603 g/mol. The van der Waals surface area contributed by atoms with Crippen molar-refractivity contribution in [1.29, 1.82) is 10.8 Å². The van der Waals surface area contributed by atoms with E-state index in [1.807, 2.05) is 77.9 Å². The van der Waals surface area contributed by atoms with E-state index in [-0.39, 0.29) is 31.9 Å². The monoisotopic (exact) mass is 639 g/mol. The van der Waals surface area contributed by atoms with Crippen LogP contribution in [-0.4, -0.2) is 21.4 Å². The van der Waals surface area contributed by atoms with Crippen molar-refractivity contribution in [2.75, 3.05) is 10.6 Å². The Bertz CT molecular complexity index is 972. The van der Waals surface area contributed by atoms with Crippen LogP contribution in [0.4, 0.5) is 11.6 Å². The van der Waals surface area contributed by atoms with Gasteiger partial charge in [-0.1, -0.05) is 77.2 Å². The Labute approximate surface area is 219 Å². The maximum absolute atomic E-state index is 8.07. The molecule has 2 heterocycles. The zero-order valence-electron chi connectivity index (χ0n) is 21.3. The van der Waals surface area contributed by atoms with Crippen molar-refractivity contribution in [3.05, 3.63) is 72.3 Å². The summed E-state index contributed by atoms with van der Waals surface area (Å²) in [6, 6.07) is 11.6. The van der Waals surface area contributed by atoms with E-state index in [1.165, 1.54) is 0 Å². The van der Waals surface area contributed by atoms with Crippen LogP contribution in [-0.2, 0) is 26.5 Å². The third-order valence-corrected chi connectivity index (χ3v) is 5.23. The van der Waals surface area contributed by atoms with Gasteiger partial charge < -0.3 is 21.5 Å². The summed E-state index contributed by atoms with van der Waals surface area (Å²) in [6.45, 7) is 16.1. The molecule has 34 heavy (non-hydrogen) atoms. The van der Waals surface area contributed by atoms with E-state index in [4.69, 9.17) is 20.8 Å². The molecule has 0 bridgehead atoms. The predicted molar refractivity (Wildman–Crippen MR) is 138 cm³/mol. The molecule has 7 heteroatoms. The van der Waals surface area contributed by atoms with Crippen LogP contribution in [0.1, 0.15) is 66.8 Å². The zero-order chi connectivity index (χ0) is 24.9. The van der Waals surface area contributed by atoms with Crippen LogP contribution in [0, 0.1) is 34.0 Å². The Kier molecular flexibility index (Phi) is 10.1. The van der Waals surface area contributed by atoms with Crippen LogP contribution in [0.15, 0.2) is 48.6 Å². The Balaban J connectivity index is 0.00000578. The van der Waals surface area contributed by atoms with Crippen molar-refractivity contribution in [3.8, 4) is 0 Å². The summed E-state index contributed by atoms with van der Waals surface area (Å²) in [5.74, 6) is 1.31. The van der Waals surface area contributed by atoms with E-state index < -0.39 is 5.41 Å². The fourth-order valence-corrected chi connectivity index (χ4v) is 2.63. The van der Waals surface area contributed by atoms with E-state index in [0.29, 0.717) is 23.1 Å². The molecule has 0 saturated carbocycles. The minimum absolute atomic E-state index is 0. The summed E-state index contributed by atoms with van der Waals surface area (Å²) in [6.07, 6.45) is 9.20. The Hall–Kier alpha value is -2.59. The molecule has 0 fully saturated rings. The molecule has 0 radical (unpaired) electrons. The molecule has 0 atom stereocenters. The van der Waals surface area contributed by atoms with Crippen molar-refractivity contribution >= 4 is 23.1 Å². The van der Waals surface area contributed by atoms with Gasteiger partial charge in [-0.25, -0.2) is 0 Å². The van der Waals surface area contributed by atoms with E-state index in [1.54, 1.807) is 12.2 Å².